The summed E-state index contributed by atoms with van der Waals surface area (Å²) in [7, 11) is 0. The summed E-state index contributed by atoms with van der Waals surface area (Å²) in [5.41, 5.74) is 1.31. The van der Waals surface area contributed by atoms with Gasteiger partial charge in [-0.1, -0.05) is 0 Å². The van der Waals surface area contributed by atoms with E-state index in [0.29, 0.717) is 29.4 Å². The van der Waals surface area contributed by atoms with E-state index in [-0.39, 0.29) is 18.0 Å². The van der Waals surface area contributed by atoms with Crippen molar-refractivity contribution in [3.05, 3.63) is 29.0 Å². The summed E-state index contributed by atoms with van der Waals surface area (Å²) in [6.07, 6.45) is 5.68. The molecule has 2 fully saturated rings. The van der Waals surface area contributed by atoms with Crippen molar-refractivity contribution in [2.24, 2.45) is 0 Å². The molecule has 2 aromatic heterocycles. The van der Waals surface area contributed by atoms with Crippen LogP contribution in [0, 0.1) is 11.3 Å². The van der Waals surface area contributed by atoms with E-state index in [1.807, 2.05) is 6.07 Å². The Morgan fingerprint density at radius 2 is 2.09 bits per heavy atom. The third-order valence-electron chi connectivity index (χ3n) is 6.21. The summed E-state index contributed by atoms with van der Waals surface area (Å²) >= 11 is 1.36. The molecule has 4 heterocycles. The highest BCUT2D eigenvalue weighted by atomic mass is 32.1. The summed E-state index contributed by atoms with van der Waals surface area (Å²) in [5.74, 6) is 0.318. The number of hydrogen-bond donors (Lipinski definition) is 2. The molecule has 0 aromatic carbocycles. The quantitative estimate of drug-likeness (QED) is 0.615. The SMILES string of the molecule is CC(C)N1CCC(NC(=O)c2csc(Nc3nccc([C@H]4CCCN4CC#N)n3)n2)CC1. The number of piperidine rings is 1. The second kappa shape index (κ2) is 10.3. The zero-order valence-electron chi connectivity index (χ0n) is 18.6. The molecule has 0 unspecified atom stereocenters. The topological polar surface area (TPSA) is 110 Å². The maximum Gasteiger partial charge on any atom is 0.271 e. The van der Waals surface area contributed by atoms with Gasteiger partial charge in [0, 0.05) is 36.8 Å². The van der Waals surface area contributed by atoms with Crippen molar-refractivity contribution in [1.29, 1.82) is 5.26 Å². The predicted octanol–water partition coefficient (Wildman–Crippen LogP) is 2.94. The smallest absolute Gasteiger partial charge is 0.271 e. The van der Waals surface area contributed by atoms with Crippen LogP contribution in [0.2, 0.25) is 0 Å². The highest BCUT2D eigenvalue weighted by molar-refractivity contribution is 7.14. The third kappa shape index (κ3) is 5.41. The highest BCUT2D eigenvalue weighted by Crippen LogP contribution is 2.31. The van der Waals surface area contributed by atoms with Gasteiger partial charge >= 0.3 is 0 Å². The van der Waals surface area contributed by atoms with Gasteiger partial charge in [0.1, 0.15) is 5.69 Å². The van der Waals surface area contributed by atoms with Gasteiger partial charge in [-0.15, -0.1) is 11.3 Å². The molecule has 2 aliphatic rings. The Balaban J connectivity index is 1.34. The average molecular weight is 455 g/mol. The molecule has 2 saturated heterocycles. The number of anilines is 2. The molecule has 0 saturated carbocycles. The second-order valence-electron chi connectivity index (χ2n) is 8.63. The van der Waals surface area contributed by atoms with Gasteiger partial charge < -0.3 is 15.5 Å². The largest absolute Gasteiger partial charge is 0.348 e. The van der Waals surface area contributed by atoms with Crippen LogP contribution in [0.3, 0.4) is 0 Å². The molecule has 4 rings (SSSR count). The predicted molar refractivity (Wildman–Crippen MR) is 124 cm³/mol. The van der Waals surface area contributed by atoms with Crippen molar-refractivity contribution in [3.8, 4) is 6.07 Å². The molecule has 0 spiro atoms. The van der Waals surface area contributed by atoms with E-state index in [1.54, 1.807) is 11.6 Å². The van der Waals surface area contributed by atoms with Crippen LogP contribution < -0.4 is 10.6 Å². The van der Waals surface area contributed by atoms with E-state index in [9.17, 15) is 4.79 Å². The van der Waals surface area contributed by atoms with E-state index < -0.39 is 0 Å². The van der Waals surface area contributed by atoms with Crippen LogP contribution in [0.1, 0.15) is 61.8 Å². The lowest BCUT2D eigenvalue weighted by Gasteiger charge is -2.34. The van der Waals surface area contributed by atoms with E-state index in [0.717, 1.165) is 51.0 Å². The molecule has 170 valence electrons. The summed E-state index contributed by atoms with van der Waals surface area (Å²) in [6.45, 7) is 7.74. The van der Waals surface area contributed by atoms with Crippen LogP contribution in [0.5, 0.6) is 0 Å². The highest BCUT2D eigenvalue weighted by Gasteiger charge is 2.27. The number of thiazole rings is 1. The number of aromatic nitrogens is 3. The van der Waals surface area contributed by atoms with Crippen molar-refractivity contribution >= 4 is 28.3 Å². The fourth-order valence-corrected chi connectivity index (χ4v) is 5.09. The normalized spacial score (nSPS) is 20.4. The first-order chi connectivity index (χ1) is 15.5. The van der Waals surface area contributed by atoms with Crippen LogP contribution >= 0.6 is 11.3 Å². The maximum absolute atomic E-state index is 12.6. The molecule has 0 radical (unpaired) electrons. The molecule has 0 aliphatic carbocycles. The van der Waals surface area contributed by atoms with E-state index in [4.69, 9.17) is 5.26 Å². The number of carbonyl (C=O) groups excluding carboxylic acids is 1. The number of nitrogens with one attached hydrogen (secondary N) is 2. The molecule has 2 aliphatic heterocycles. The van der Waals surface area contributed by atoms with Gasteiger partial charge in [0.25, 0.3) is 5.91 Å². The Labute approximate surface area is 192 Å². The number of nitriles is 1. The molecular formula is C22H30N8OS. The first kappa shape index (κ1) is 22.6. The number of hydrogen-bond acceptors (Lipinski definition) is 9. The molecule has 1 atom stereocenters. The van der Waals surface area contributed by atoms with Crippen molar-refractivity contribution in [3.63, 3.8) is 0 Å². The first-order valence-electron chi connectivity index (χ1n) is 11.2. The van der Waals surface area contributed by atoms with Crippen molar-refractivity contribution in [2.45, 2.75) is 57.7 Å². The van der Waals surface area contributed by atoms with Crippen LogP contribution in [0.4, 0.5) is 11.1 Å². The van der Waals surface area contributed by atoms with Crippen molar-refractivity contribution in [1.82, 2.24) is 30.1 Å². The summed E-state index contributed by atoms with van der Waals surface area (Å²) < 4.78 is 0. The molecule has 2 N–H and O–H groups in total. The van der Waals surface area contributed by atoms with Gasteiger partial charge in [-0.25, -0.2) is 15.0 Å². The lowest BCUT2D eigenvalue weighted by molar-refractivity contribution is 0.0896. The van der Waals surface area contributed by atoms with E-state index in [1.165, 1.54) is 11.3 Å². The van der Waals surface area contributed by atoms with Gasteiger partial charge in [0.2, 0.25) is 5.95 Å². The number of amides is 1. The summed E-state index contributed by atoms with van der Waals surface area (Å²) in [5, 5.41) is 17.6. The van der Waals surface area contributed by atoms with Gasteiger partial charge in [0.05, 0.1) is 24.3 Å². The van der Waals surface area contributed by atoms with Crippen molar-refractivity contribution in [2.75, 3.05) is 31.5 Å². The first-order valence-corrected chi connectivity index (χ1v) is 12.1. The molecule has 10 heteroatoms. The molecule has 1 amide bonds. The third-order valence-corrected chi connectivity index (χ3v) is 6.96. The van der Waals surface area contributed by atoms with Gasteiger partial charge in [-0.2, -0.15) is 5.26 Å². The minimum Gasteiger partial charge on any atom is -0.348 e. The van der Waals surface area contributed by atoms with E-state index in [2.05, 4.69) is 55.3 Å². The zero-order chi connectivity index (χ0) is 22.5. The Kier molecular flexibility index (Phi) is 7.29. The minimum atomic E-state index is -0.134. The minimum absolute atomic E-state index is 0.134. The molecule has 0 bridgehead atoms. The number of carbonyl (C=O) groups is 1. The van der Waals surface area contributed by atoms with Crippen LogP contribution in [-0.2, 0) is 0 Å². The lowest BCUT2D eigenvalue weighted by atomic mass is 10.0. The summed E-state index contributed by atoms with van der Waals surface area (Å²) in [4.78, 5) is 30.6. The number of likely N-dealkylation sites (tertiary alicyclic amines) is 2. The fourth-order valence-electron chi connectivity index (χ4n) is 4.41. The molecular weight excluding hydrogens is 424 g/mol. The Morgan fingerprint density at radius 1 is 1.28 bits per heavy atom. The zero-order valence-corrected chi connectivity index (χ0v) is 19.4. The van der Waals surface area contributed by atoms with Crippen LogP contribution in [0.15, 0.2) is 17.6 Å². The number of rotatable bonds is 7. The maximum atomic E-state index is 12.6. The average Bonchev–Trinajstić information content (AvgIpc) is 3.44. The van der Waals surface area contributed by atoms with Crippen LogP contribution in [0.25, 0.3) is 0 Å². The summed E-state index contributed by atoms with van der Waals surface area (Å²) in [6, 6.07) is 5.01. The van der Waals surface area contributed by atoms with Gasteiger partial charge in [-0.05, 0) is 52.1 Å². The lowest BCUT2D eigenvalue weighted by Crippen LogP contribution is -2.46. The van der Waals surface area contributed by atoms with Gasteiger partial charge in [-0.3, -0.25) is 9.69 Å². The standard InChI is InChI=1S/C22H30N8OS/c1-15(2)29-11-6-16(7-12-29)25-20(31)18-14-32-22(27-18)28-21-24-9-5-17(26-21)19-4-3-10-30(19)13-8-23/h5,9,14-16,19H,3-4,6-7,10-13H2,1-2H3,(H,25,31)(H,24,26,27,28)/t19-/m1/s1. The van der Waals surface area contributed by atoms with E-state index >= 15 is 0 Å². The monoisotopic (exact) mass is 454 g/mol. The second-order valence-corrected chi connectivity index (χ2v) is 9.49. The Bertz CT molecular complexity index is 963. The fraction of sp³-hybridized carbons (Fsp3) is 0.591. The Hall–Kier alpha value is -2.61. The van der Waals surface area contributed by atoms with Gasteiger partial charge in [0.15, 0.2) is 5.13 Å². The molecule has 2 aromatic rings. The van der Waals surface area contributed by atoms with Crippen molar-refractivity contribution < 1.29 is 4.79 Å². The molecule has 9 nitrogen and oxygen atoms in total. The van der Waals surface area contributed by atoms with Crippen LogP contribution in [-0.4, -0.2) is 68.9 Å². The Morgan fingerprint density at radius 3 is 2.84 bits per heavy atom. The number of nitrogens with zero attached hydrogens (tertiary/aromatic N) is 6. The molecule has 32 heavy (non-hydrogen) atoms.